The molecule has 1 fully saturated rings. The molecule has 8 heteroatoms. The van der Waals surface area contributed by atoms with E-state index in [1.165, 1.54) is 0 Å². The highest BCUT2D eigenvalue weighted by atomic mass is 35.5. The molecule has 1 aliphatic heterocycles. The third-order valence-electron chi connectivity index (χ3n) is 5.18. The molecule has 1 amide bonds. The highest BCUT2D eigenvalue weighted by Gasteiger charge is 2.32. The molecule has 2 aromatic carbocycles. The molecule has 1 aliphatic rings. The Kier molecular flexibility index (Phi) is 6.52. The van der Waals surface area contributed by atoms with Crippen LogP contribution in [0.2, 0.25) is 5.02 Å². The summed E-state index contributed by atoms with van der Waals surface area (Å²) in [5, 5.41) is 6.93. The Labute approximate surface area is 186 Å². The number of methoxy groups -OCH3 is 1. The maximum absolute atomic E-state index is 12.9. The number of amides is 1. The van der Waals surface area contributed by atoms with Crippen molar-refractivity contribution in [2.24, 2.45) is 0 Å². The van der Waals surface area contributed by atoms with Crippen molar-refractivity contribution in [3.63, 3.8) is 0 Å². The SMILES string of the molecule is COc1ccccc1Nc1ccnc(N2CCC[C@H]2C(=O)NCc2cccc(Cl)c2)n1. The van der Waals surface area contributed by atoms with Gasteiger partial charge in [-0.05, 0) is 48.7 Å². The first-order valence-electron chi connectivity index (χ1n) is 10.2. The topological polar surface area (TPSA) is 79.4 Å². The Hall–Kier alpha value is -3.32. The van der Waals surface area contributed by atoms with Crippen molar-refractivity contribution in [2.75, 3.05) is 23.9 Å². The van der Waals surface area contributed by atoms with Gasteiger partial charge < -0.3 is 20.3 Å². The Bertz CT molecular complexity index is 1060. The van der Waals surface area contributed by atoms with Crippen LogP contribution in [0.15, 0.2) is 60.8 Å². The van der Waals surface area contributed by atoms with Crippen molar-refractivity contribution in [3.8, 4) is 5.75 Å². The van der Waals surface area contributed by atoms with E-state index >= 15 is 0 Å². The second kappa shape index (κ2) is 9.66. The summed E-state index contributed by atoms with van der Waals surface area (Å²) in [7, 11) is 1.63. The summed E-state index contributed by atoms with van der Waals surface area (Å²) in [4.78, 5) is 23.9. The van der Waals surface area contributed by atoms with Crippen molar-refractivity contribution in [2.45, 2.75) is 25.4 Å². The van der Waals surface area contributed by atoms with E-state index in [0.29, 0.717) is 23.3 Å². The Morgan fingerprint density at radius 2 is 2.10 bits per heavy atom. The molecule has 1 atom stereocenters. The van der Waals surface area contributed by atoms with Crippen LogP contribution in [0.4, 0.5) is 17.5 Å². The van der Waals surface area contributed by atoms with Gasteiger partial charge in [-0.1, -0.05) is 35.9 Å². The van der Waals surface area contributed by atoms with E-state index in [1.54, 1.807) is 19.4 Å². The molecule has 160 valence electrons. The zero-order chi connectivity index (χ0) is 21.6. The predicted molar refractivity (Wildman–Crippen MR) is 122 cm³/mol. The maximum Gasteiger partial charge on any atom is 0.243 e. The molecule has 2 heterocycles. The fourth-order valence-corrected chi connectivity index (χ4v) is 3.89. The molecule has 3 aromatic rings. The molecular formula is C23H24ClN5O2. The Morgan fingerprint density at radius 1 is 1.23 bits per heavy atom. The van der Waals surface area contributed by atoms with Gasteiger partial charge in [0.25, 0.3) is 0 Å². The van der Waals surface area contributed by atoms with Gasteiger partial charge in [0.2, 0.25) is 11.9 Å². The number of aromatic nitrogens is 2. The minimum atomic E-state index is -0.305. The molecular weight excluding hydrogens is 414 g/mol. The smallest absolute Gasteiger partial charge is 0.243 e. The van der Waals surface area contributed by atoms with Gasteiger partial charge in [0.15, 0.2) is 0 Å². The average Bonchev–Trinajstić information content (AvgIpc) is 3.28. The molecule has 0 spiro atoms. The minimum Gasteiger partial charge on any atom is -0.495 e. The quantitative estimate of drug-likeness (QED) is 0.577. The van der Waals surface area contributed by atoms with Gasteiger partial charge in [-0.2, -0.15) is 4.98 Å². The van der Waals surface area contributed by atoms with E-state index in [2.05, 4.69) is 20.6 Å². The number of nitrogens with zero attached hydrogens (tertiary/aromatic N) is 3. The number of carbonyl (C=O) groups excluding carboxylic acids is 1. The Balaban J connectivity index is 1.45. The fourth-order valence-electron chi connectivity index (χ4n) is 3.67. The largest absolute Gasteiger partial charge is 0.495 e. The number of ether oxygens (including phenoxy) is 1. The number of benzene rings is 2. The molecule has 0 unspecified atom stereocenters. The summed E-state index contributed by atoms with van der Waals surface area (Å²) < 4.78 is 5.39. The first-order chi connectivity index (χ1) is 15.1. The number of halogens is 1. The van der Waals surface area contributed by atoms with Gasteiger partial charge in [-0.15, -0.1) is 0 Å². The fraction of sp³-hybridized carbons (Fsp3) is 0.261. The summed E-state index contributed by atoms with van der Waals surface area (Å²) in [5.41, 5.74) is 1.77. The summed E-state index contributed by atoms with van der Waals surface area (Å²) in [5.74, 6) is 1.85. The second-order valence-electron chi connectivity index (χ2n) is 7.27. The minimum absolute atomic E-state index is 0.0378. The van der Waals surface area contributed by atoms with Crippen molar-refractivity contribution in [3.05, 3.63) is 71.4 Å². The molecule has 31 heavy (non-hydrogen) atoms. The molecule has 1 aromatic heterocycles. The lowest BCUT2D eigenvalue weighted by molar-refractivity contribution is -0.122. The number of hydrogen-bond donors (Lipinski definition) is 2. The summed E-state index contributed by atoms with van der Waals surface area (Å²) in [6, 6.07) is 16.6. The van der Waals surface area contributed by atoms with E-state index in [-0.39, 0.29) is 11.9 Å². The van der Waals surface area contributed by atoms with Crippen molar-refractivity contribution in [1.29, 1.82) is 0 Å². The summed E-state index contributed by atoms with van der Waals surface area (Å²) in [6.07, 6.45) is 3.36. The number of rotatable bonds is 7. The van der Waals surface area contributed by atoms with Gasteiger partial charge >= 0.3 is 0 Å². The monoisotopic (exact) mass is 437 g/mol. The number of carbonyl (C=O) groups is 1. The van der Waals surface area contributed by atoms with E-state index in [4.69, 9.17) is 16.3 Å². The van der Waals surface area contributed by atoms with Gasteiger partial charge in [-0.25, -0.2) is 4.98 Å². The number of hydrogen-bond acceptors (Lipinski definition) is 6. The molecule has 7 nitrogen and oxygen atoms in total. The van der Waals surface area contributed by atoms with Crippen molar-refractivity contribution < 1.29 is 9.53 Å². The van der Waals surface area contributed by atoms with Gasteiger partial charge in [0, 0.05) is 24.3 Å². The van der Waals surface area contributed by atoms with E-state index in [0.717, 1.165) is 36.4 Å². The van der Waals surface area contributed by atoms with Crippen LogP contribution in [0.25, 0.3) is 0 Å². The first kappa shape index (κ1) is 20.9. The standard InChI is InChI=1S/C23H24ClN5O2/c1-31-20-10-3-2-8-18(20)27-21-11-12-25-23(28-21)29-13-5-9-19(29)22(30)26-15-16-6-4-7-17(24)14-16/h2-4,6-8,10-12,14,19H,5,9,13,15H2,1H3,(H,26,30)(H,25,27,28)/t19-/m0/s1. The third kappa shape index (κ3) is 5.06. The van der Waals surface area contributed by atoms with Crippen molar-refractivity contribution >= 4 is 35.0 Å². The maximum atomic E-state index is 12.9. The second-order valence-corrected chi connectivity index (χ2v) is 7.70. The van der Waals surface area contributed by atoms with Crippen LogP contribution in [-0.2, 0) is 11.3 Å². The lowest BCUT2D eigenvalue weighted by Crippen LogP contribution is -2.43. The highest BCUT2D eigenvalue weighted by Crippen LogP contribution is 2.28. The van der Waals surface area contributed by atoms with Crippen LogP contribution in [0.5, 0.6) is 5.75 Å². The number of nitrogens with one attached hydrogen (secondary N) is 2. The highest BCUT2D eigenvalue weighted by molar-refractivity contribution is 6.30. The summed E-state index contributed by atoms with van der Waals surface area (Å²) >= 11 is 6.03. The third-order valence-corrected chi connectivity index (χ3v) is 5.42. The molecule has 0 bridgehead atoms. The van der Waals surface area contributed by atoms with Crippen molar-refractivity contribution in [1.82, 2.24) is 15.3 Å². The van der Waals surface area contributed by atoms with Crippen LogP contribution in [-0.4, -0.2) is 35.6 Å². The van der Waals surface area contributed by atoms with Gasteiger partial charge in [0.1, 0.15) is 17.6 Å². The van der Waals surface area contributed by atoms with Crippen LogP contribution < -0.4 is 20.3 Å². The van der Waals surface area contributed by atoms with Crippen LogP contribution in [0.3, 0.4) is 0 Å². The average molecular weight is 438 g/mol. The van der Waals surface area contributed by atoms with Crippen LogP contribution >= 0.6 is 11.6 Å². The van der Waals surface area contributed by atoms with E-state index in [1.807, 2.05) is 53.4 Å². The molecule has 2 N–H and O–H groups in total. The van der Waals surface area contributed by atoms with Crippen LogP contribution in [0.1, 0.15) is 18.4 Å². The molecule has 0 radical (unpaired) electrons. The van der Waals surface area contributed by atoms with Gasteiger partial charge in [0.05, 0.1) is 12.8 Å². The predicted octanol–water partition coefficient (Wildman–Crippen LogP) is 4.17. The zero-order valence-electron chi connectivity index (χ0n) is 17.2. The lowest BCUT2D eigenvalue weighted by atomic mass is 10.2. The molecule has 0 saturated carbocycles. The summed E-state index contributed by atoms with van der Waals surface area (Å²) in [6.45, 7) is 1.16. The molecule has 1 saturated heterocycles. The van der Waals surface area contributed by atoms with E-state index < -0.39 is 0 Å². The first-order valence-corrected chi connectivity index (χ1v) is 10.5. The van der Waals surface area contributed by atoms with Gasteiger partial charge in [-0.3, -0.25) is 4.79 Å². The molecule has 4 rings (SSSR count). The Morgan fingerprint density at radius 3 is 2.94 bits per heavy atom. The number of para-hydroxylation sites is 2. The van der Waals surface area contributed by atoms with Crippen LogP contribution in [0, 0.1) is 0 Å². The lowest BCUT2D eigenvalue weighted by Gasteiger charge is -2.24. The normalized spacial score (nSPS) is 15.5. The van der Waals surface area contributed by atoms with E-state index in [9.17, 15) is 4.79 Å². The molecule has 0 aliphatic carbocycles. The zero-order valence-corrected chi connectivity index (χ0v) is 18.0. The number of anilines is 3.